The highest BCUT2D eigenvalue weighted by Gasteiger charge is 2.38. The summed E-state index contributed by atoms with van der Waals surface area (Å²) < 4.78 is 14.5. The van der Waals surface area contributed by atoms with Gasteiger partial charge in [0.1, 0.15) is 5.82 Å². The number of H-pyrrole nitrogens is 1. The first-order valence-corrected chi connectivity index (χ1v) is 14.2. The van der Waals surface area contributed by atoms with Crippen LogP contribution in [0.25, 0.3) is 22.5 Å². The van der Waals surface area contributed by atoms with E-state index in [2.05, 4.69) is 76.4 Å². The van der Waals surface area contributed by atoms with Crippen molar-refractivity contribution in [3.63, 3.8) is 0 Å². The second kappa shape index (κ2) is 13.6. The summed E-state index contributed by atoms with van der Waals surface area (Å²) in [6.07, 6.45) is 4.47. The molecule has 0 saturated heterocycles. The molecule has 9 nitrogen and oxygen atoms in total. The Labute approximate surface area is 231 Å². The number of hydrogen-bond acceptors (Lipinski definition) is 7. The molecule has 0 bridgehead atoms. The van der Waals surface area contributed by atoms with Crippen molar-refractivity contribution in [3.8, 4) is 22.5 Å². The second-order valence-electron chi connectivity index (χ2n) is 9.75. The number of ether oxygens (including phenoxy) is 2. The van der Waals surface area contributed by atoms with Crippen LogP contribution >= 0.6 is 0 Å². The second-order valence-corrected chi connectivity index (χ2v) is 9.75. The molecule has 1 N–H and O–H groups in total. The molecule has 0 atom stereocenters. The van der Waals surface area contributed by atoms with Gasteiger partial charge in [0.05, 0.1) is 0 Å². The van der Waals surface area contributed by atoms with Crippen LogP contribution in [0.15, 0.2) is 48.5 Å². The van der Waals surface area contributed by atoms with Crippen LogP contribution in [0.2, 0.25) is 0 Å². The lowest BCUT2D eigenvalue weighted by Crippen LogP contribution is -2.35. The van der Waals surface area contributed by atoms with Gasteiger partial charge in [-0.25, -0.2) is 14.8 Å². The maximum Gasteiger partial charge on any atom is 0.232 e. The Hall–Kier alpha value is -3.43. The van der Waals surface area contributed by atoms with Crippen molar-refractivity contribution < 1.29 is 9.47 Å². The number of aromatic amines is 1. The van der Waals surface area contributed by atoms with Crippen molar-refractivity contribution in [1.82, 2.24) is 35.4 Å². The molecule has 9 heteroatoms. The third-order valence-electron chi connectivity index (χ3n) is 7.16. The molecule has 0 amide bonds. The van der Waals surface area contributed by atoms with Crippen LogP contribution in [-0.2, 0) is 28.2 Å². The van der Waals surface area contributed by atoms with E-state index in [0.717, 1.165) is 53.9 Å². The van der Waals surface area contributed by atoms with Gasteiger partial charge in [-0.05, 0) is 46.9 Å². The van der Waals surface area contributed by atoms with Gasteiger partial charge in [-0.1, -0.05) is 88.6 Å². The molecule has 0 radical (unpaired) electrons. The number of tetrazole rings is 1. The lowest BCUT2D eigenvalue weighted by atomic mass is 9.97. The van der Waals surface area contributed by atoms with Crippen molar-refractivity contribution >= 4 is 0 Å². The Kier molecular flexibility index (Phi) is 9.95. The SMILES string of the molecule is CCCC(OCC)(OCC)c1nc(Cc2ccc(-c3ccccc3-c3nnn[nH]3)cc2)n(CC(CC)CC)n1. The maximum absolute atomic E-state index is 6.20. The Morgan fingerprint density at radius 2 is 1.59 bits per heavy atom. The van der Waals surface area contributed by atoms with Gasteiger partial charge in [0.25, 0.3) is 0 Å². The van der Waals surface area contributed by atoms with Crippen LogP contribution in [-0.4, -0.2) is 48.6 Å². The number of nitrogens with zero attached hydrogens (tertiary/aromatic N) is 6. The number of nitrogens with one attached hydrogen (secondary N) is 1. The van der Waals surface area contributed by atoms with Crippen LogP contribution in [0, 0.1) is 5.92 Å². The van der Waals surface area contributed by atoms with Gasteiger partial charge < -0.3 is 9.47 Å². The summed E-state index contributed by atoms with van der Waals surface area (Å²) in [6, 6.07) is 16.7. The molecule has 2 heterocycles. The summed E-state index contributed by atoms with van der Waals surface area (Å²) in [5.41, 5.74) is 4.29. The maximum atomic E-state index is 6.20. The Bertz CT molecular complexity index is 1260. The van der Waals surface area contributed by atoms with Crippen LogP contribution in [0.4, 0.5) is 0 Å². The molecule has 0 aliphatic heterocycles. The van der Waals surface area contributed by atoms with Gasteiger partial charge >= 0.3 is 0 Å². The molecule has 4 aromatic rings. The van der Waals surface area contributed by atoms with Crippen LogP contribution in [0.5, 0.6) is 0 Å². The molecule has 208 valence electrons. The average Bonchev–Trinajstić information content (AvgIpc) is 3.63. The first kappa shape index (κ1) is 28.6. The van der Waals surface area contributed by atoms with E-state index in [1.54, 1.807) is 0 Å². The molecule has 2 aromatic heterocycles. The van der Waals surface area contributed by atoms with Gasteiger partial charge in [-0.2, -0.15) is 5.10 Å². The molecule has 0 aliphatic rings. The Balaban J connectivity index is 1.66. The Morgan fingerprint density at radius 1 is 0.897 bits per heavy atom. The molecular formula is C30H41N7O2. The summed E-state index contributed by atoms with van der Waals surface area (Å²) in [6.45, 7) is 12.5. The first-order chi connectivity index (χ1) is 19.1. The van der Waals surface area contributed by atoms with E-state index in [1.165, 1.54) is 0 Å². The van der Waals surface area contributed by atoms with E-state index in [0.29, 0.717) is 43.6 Å². The highest BCUT2D eigenvalue weighted by molar-refractivity contribution is 5.80. The third kappa shape index (κ3) is 6.59. The summed E-state index contributed by atoms with van der Waals surface area (Å²) in [5, 5.41) is 19.4. The van der Waals surface area contributed by atoms with E-state index in [9.17, 15) is 0 Å². The predicted molar refractivity (Wildman–Crippen MR) is 152 cm³/mol. The molecule has 0 spiro atoms. The summed E-state index contributed by atoms with van der Waals surface area (Å²) in [5.74, 6) is 1.81. The van der Waals surface area contributed by atoms with Crippen LogP contribution in [0.1, 0.15) is 77.5 Å². The van der Waals surface area contributed by atoms with Crippen LogP contribution in [0.3, 0.4) is 0 Å². The first-order valence-electron chi connectivity index (χ1n) is 14.2. The minimum absolute atomic E-state index is 0.530. The highest BCUT2D eigenvalue weighted by atomic mass is 16.7. The van der Waals surface area contributed by atoms with Gasteiger partial charge in [0.15, 0.2) is 5.82 Å². The van der Waals surface area contributed by atoms with Gasteiger partial charge in [-0.3, -0.25) is 0 Å². The number of benzene rings is 2. The van der Waals surface area contributed by atoms with Crippen molar-refractivity contribution in [2.75, 3.05) is 13.2 Å². The zero-order valence-electron chi connectivity index (χ0n) is 23.9. The fraction of sp³-hybridized carbons (Fsp3) is 0.500. The summed E-state index contributed by atoms with van der Waals surface area (Å²) in [7, 11) is 0. The Morgan fingerprint density at radius 3 is 2.18 bits per heavy atom. The quantitative estimate of drug-likeness (QED) is 0.183. The molecule has 0 aliphatic carbocycles. The topological polar surface area (TPSA) is 104 Å². The zero-order chi connectivity index (χ0) is 27.7. The monoisotopic (exact) mass is 531 g/mol. The standard InChI is InChI=1S/C30H41N7O2/c1-6-19-30(38-9-4,39-10-5)29-31-27(37(34-29)21-22(7-2)8-3)20-23-15-17-24(18-16-23)25-13-11-12-14-26(25)28-32-35-36-33-28/h11-18,22H,6-10,19-21H2,1-5H3,(H,32,33,35,36). The largest absolute Gasteiger partial charge is 0.344 e. The molecule has 0 fully saturated rings. The van der Waals surface area contributed by atoms with E-state index < -0.39 is 5.79 Å². The molecular weight excluding hydrogens is 490 g/mol. The smallest absolute Gasteiger partial charge is 0.232 e. The van der Waals surface area contributed by atoms with Crippen molar-refractivity contribution in [2.24, 2.45) is 5.92 Å². The van der Waals surface area contributed by atoms with Crippen molar-refractivity contribution in [3.05, 3.63) is 65.7 Å². The number of aromatic nitrogens is 7. The molecule has 4 rings (SSSR count). The lowest BCUT2D eigenvalue weighted by Gasteiger charge is -2.30. The normalized spacial score (nSPS) is 11.9. The van der Waals surface area contributed by atoms with Gasteiger partial charge in [-0.15, -0.1) is 5.10 Å². The molecule has 0 saturated carbocycles. The van der Waals surface area contributed by atoms with E-state index in [4.69, 9.17) is 19.6 Å². The minimum Gasteiger partial charge on any atom is -0.344 e. The van der Waals surface area contributed by atoms with Gasteiger partial charge in [0, 0.05) is 38.2 Å². The number of hydrogen-bond donors (Lipinski definition) is 1. The van der Waals surface area contributed by atoms with E-state index in [-0.39, 0.29) is 0 Å². The third-order valence-corrected chi connectivity index (χ3v) is 7.16. The minimum atomic E-state index is -0.921. The average molecular weight is 532 g/mol. The van der Waals surface area contributed by atoms with Crippen molar-refractivity contribution in [1.29, 1.82) is 0 Å². The van der Waals surface area contributed by atoms with E-state index in [1.807, 2.05) is 32.0 Å². The van der Waals surface area contributed by atoms with Gasteiger partial charge in [0.2, 0.25) is 11.6 Å². The highest BCUT2D eigenvalue weighted by Crippen LogP contribution is 2.32. The molecule has 2 aromatic carbocycles. The van der Waals surface area contributed by atoms with Crippen molar-refractivity contribution in [2.45, 2.75) is 79.1 Å². The zero-order valence-corrected chi connectivity index (χ0v) is 23.9. The predicted octanol–water partition coefficient (Wildman–Crippen LogP) is 6.18. The fourth-order valence-corrected chi connectivity index (χ4v) is 5.03. The van der Waals surface area contributed by atoms with E-state index >= 15 is 0 Å². The molecule has 0 unspecified atom stereocenters. The molecule has 39 heavy (non-hydrogen) atoms. The summed E-state index contributed by atoms with van der Waals surface area (Å²) in [4.78, 5) is 5.06. The fourth-order valence-electron chi connectivity index (χ4n) is 5.03. The van der Waals surface area contributed by atoms with Crippen LogP contribution < -0.4 is 0 Å². The number of rotatable bonds is 15. The lowest BCUT2D eigenvalue weighted by molar-refractivity contribution is -0.251. The summed E-state index contributed by atoms with van der Waals surface area (Å²) >= 11 is 0.